The van der Waals surface area contributed by atoms with E-state index < -0.39 is 0 Å². The molecule has 0 aliphatic rings. The fourth-order valence-corrected chi connectivity index (χ4v) is 4.17. The molecule has 0 saturated heterocycles. The van der Waals surface area contributed by atoms with E-state index in [1.54, 1.807) is 28.8 Å². The van der Waals surface area contributed by atoms with E-state index in [0.717, 1.165) is 22.4 Å². The SMILES string of the molecule is Cc1cccc(C)c1NC(=O)CSc1nnc(-c2ccc(Cl)cc2)n1-c1ccc(F)cc1. The largest absolute Gasteiger partial charge is 0.325 e. The molecule has 5 nitrogen and oxygen atoms in total. The molecular formula is C24H20ClFN4OS. The molecule has 0 atom stereocenters. The zero-order chi connectivity index (χ0) is 22.7. The Labute approximate surface area is 194 Å². The van der Waals surface area contributed by atoms with Crippen LogP contribution in [-0.2, 0) is 4.79 Å². The number of rotatable bonds is 6. The van der Waals surface area contributed by atoms with Crippen molar-refractivity contribution in [1.82, 2.24) is 14.8 Å². The molecule has 0 radical (unpaired) electrons. The van der Waals surface area contributed by atoms with Gasteiger partial charge in [0.05, 0.1) is 5.75 Å². The lowest BCUT2D eigenvalue weighted by Crippen LogP contribution is -2.16. The Kier molecular flexibility index (Phi) is 6.58. The van der Waals surface area contributed by atoms with Crippen molar-refractivity contribution in [1.29, 1.82) is 0 Å². The number of hydrogen-bond donors (Lipinski definition) is 1. The Hall–Kier alpha value is -3.16. The maximum atomic E-state index is 13.5. The number of carbonyl (C=O) groups excluding carboxylic acids is 1. The van der Waals surface area contributed by atoms with Crippen molar-refractivity contribution in [2.45, 2.75) is 19.0 Å². The van der Waals surface area contributed by atoms with E-state index in [-0.39, 0.29) is 17.5 Å². The van der Waals surface area contributed by atoms with Crippen LogP contribution in [0.1, 0.15) is 11.1 Å². The predicted octanol–water partition coefficient (Wildman–Crippen LogP) is 6.07. The number of nitrogens with one attached hydrogen (secondary N) is 1. The van der Waals surface area contributed by atoms with E-state index in [0.29, 0.717) is 21.7 Å². The molecule has 0 aliphatic carbocycles. The normalized spacial score (nSPS) is 10.9. The monoisotopic (exact) mass is 466 g/mol. The van der Waals surface area contributed by atoms with Gasteiger partial charge >= 0.3 is 0 Å². The number of para-hydroxylation sites is 1. The number of carbonyl (C=O) groups is 1. The van der Waals surface area contributed by atoms with Crippen LogP contribution in [0.2, 0.25) is 5.02 Å². The number of amides is 1. The lowest BCUT2D eigenvalue weighted by molar-refractivity contribution is -0.113. The summed E-state index contributed by atoms with van der Waals surface area (Å²) >= 11 is 7.28. The molecule has 0 saturated carbocycles. The second-order valence-electron chi connectivity index (χ2n) is 7.23. The molecule has 32 heavy (non-hydrogen) atoms. The van der Waals surface area contributed by atoms with Gasteiger partial charge in [-0.15, -0.1) is 10.2 Å². The molecule has 0 spiro atoms. The van der Waals surface area contributed by atoms with Gasteiger partial charge in [-0.05, 0) is 73.5 Å². The van der Waals surface area contributed by atoms with E-state index in [2.05, 4.69) is 15.5 Å². The highest BCUT2D eigenvalue weighted by Crippen LogP contribution is 2.29. The molecule has 162 valence electrons. The molecule has 4 aromatic rings. The van der Waals surface area contributed by atoms with Crippen LogP contribution >= 0.6 is 23.4 Å². The number of hydrogen-bond acceptors (Lipinski definition) is 4. The summed E-state index contributed by atoms with van der Waals surface area (Å²) in [6.07, 6.45) is 0. The highest BCUT2D eigenvalue weighted by molar-refractivity contribution is 7.99. The third-order valence-electron chi connectivity index (χ3n) is 4.90. The summed E-state index contributed by atoms with van der Waals surface area (Å²) < 4.78 is 15.3. The Morgan fingerprint density at radius 3 is 2.31 bits per heavy atom. The van der Waals surface area contributed by atoms with Crippen LogP contribution in [0.25, 0.3) is 17.1 Å². The number of aryl methyl sites for hydroxylation is 2. The van der Waals surface area contributed by atoms with E-state index >= 15 is 0 Å². The summed E-state index contributed by atoms with van der Waals surface area (Å²) in [5, 5.41) is 12.7. The molecule has 4 rings (SSSR count). The lowest BCUT2D eigenvalue weighted by atomic mass is 10.1. The van der Waals surface area contributed by atoms with Crippen LogP contribution in [0.4, 0.5) is 10.1 Å². The zero-order valence-corrected chi connectivity index (χ0v) is 19.0. The standard InChI is InChI=1S/C24H20ClFN4OS/c1-15-4-3-5-16(2)22(15)27-21(31)14-32-24-29-28-23(17-6-8-18(25)9-7-17)30(24)20-12-10-19(26)11-13-20/h3-13H,14H2,1-2H3,(H,27,31). The first-order valence-electron chi connectivity index (χ1n) is 9.88. The molecule has 8 heteroatoms. The molecule has 3 aromatic carbocycles. The van der Waals surface area contributed by atoms with Crippen LogP contribution in [0.5, 0.6) is 0 Å². The van der Waals surface area contributed by atoms with Crippen LogP contribution in [0, 0.1) is 19.7 Å². The third-order valence-corrected chi connectivity index (χ3v) is 6.08. The molecule has 0 aliphatic heterocycles. The van der Waals surface area contributed by atoms with E-state index in [9.17, 15) is 9.18 Å². The molecule has 0 fully saturated rings. The second-order valence-corrected chi connectivity index (χ2v) is 8.61. The number of halogens is 2. The van der Waals surface area contributed by atoms with Crippen LogP contribution in [0.3, 0.4) is 0 Å². The lowest BCUT2D eigenvalue weighted by Gasteiger charge is -2.12. The molecule has 1 heterocycles. The van der Waals surface area contributed by atoms with Crippen LogP contribution < -0.4 is 5.32 Å². The summed E-state index contributed by atoms with van der Waals surface area (Å²) in [7, 11) is 0. The minimum Gasteiger partial charge on any atom is -0.325 e. The number of benzene rings is 3. The van der Waals surface area contributed by atoms with Gasteiger partial charge in [0, 0.05) is 22.0 Å². The van der Waals surface area contributed by atoms with Crippen molar-refractivity contribution in [2.75, 3.05) is 11.1 Å². The first-order valence-corrected chi connectivity index (χ1v) is 11.2. The molecule has 0 unspecified atom stereocenters. The van der Waals surface area contributed by atoms with Crippen LogP contribution in [-0.4, -0.2) is 26.4 Å². The fourth-order valence-electron chi connectivity index (χ4n) is 3.29. The highest BCUT2D eigenvalue weighted by atomic mass is 35.5. The number of nitrogens with zero attached hydrogens (tertiary/aromatic N) is 3. The highest BCUT2D eigenvalue weighted by Gasteiger charge is 2.18. The Balaban J connectivity index is 1.61. The molecule has 0 bridgehead atoms. The quantitative estimate of drug-likeness (QED) is 0.350. The second kappa shape index (κ2) is 9.54. The maximum absolute atomic E-state index is 13.5. The van der Waals surface area contributed by atoms with E-state index in [1.807, 2.05) is 44.2 Å². The molecule has 1 N–H and O–H groups in total. The Morgan fingerprint density at radius 2 is 1.66 bits per heavy atom. The summed E-state index contributed by atoms with van der Waals surface area (Å²) in [5.41, 5.74) is 4.32. The van der Waals surface area contributed by atoms with Gasteiger partial charge in [-0.3, -0.25) is 9.36 Å². The van der Waals surface area contributed by atoms with Gasteiger partial charge in [0.15, 0.2) is 11.0 Å². The minimum atomic E-state index is -0.336. The van der Waals surface area contributed by atoms with Gasteiger partial charge in [0.1, 0.15) is 5.82 Å². The zero-order valence-electron chi connectivity index (χ0n) is 17.5. The Morgan fingerprint density at radius 1 is 1.00 bits per heavy atom. The van der Waals surface area contributed by atoms with Gasteiger partial charge in [-0.1, -0.05) is 41.6 Å². The van der Waals surface area contributed by atoms with Gasteiger partial charge < -0.3 is 5.32 Å². The average molecular weight is 467 g/mol. The summed E-state index contributed by atoms with van der Waals surface area (Å²) in [4.78, 5) is 12.6. The molecular weight excluding hydrogens is 447 g/mol. The maximum Gasteiger partial charge on any atom is 0.234 e. The predicted molar refractivity (Wildman–Crippen MR) is 127 cm³/mol. The van der Waals surface area contributed by atoms with Gasteiger partial charge in [0.25, 0.3) is 0 Å². The number of anilines is 1. The average Bonchev–Trinajstić information content (AvgIpc) is 3.20. The fraction of sp³-hybridized carbons (Fsp3) is 0.125. The van der Waals surface area contributed by atoms with Crippen molar-refractivity contribution in [3.05, 3.63) is 88.7 Å². The van der Waals surface area contributed by atoms with Crippen molar-refractivity contribution in [3.8, 4) is 17.1 Å². The molecule has 1 aromatic heterocycles. The summed E-state index contributed by atoms with van der Waals surface area (Å²) in [6.45, 7) is 3.92. The van der Waals surface area contributed by atoms with Gasteiger partial charge in [-0.25, -0.2) is 4.39 Å². The third kappa shape index (κ3) is 4.84. The summed E-state index contributed by atoms with van der Waals surface area (Å²) in [6, 6.07) is 19.2. The first-order chi connectivity index (χ1) is 15.4. The first kappa shape index (κ1) is 22.0. The van der Waals surface area contributed by atoms with E-state index in [1.165, 1.54) is 23.9 Å². The van der Waals surface area contributed by atoms with E-state index in [4.69, 9.17) is 11.6 Å². The number of thioether (sulfide) groups is 1. The smallest absolute Gasteiger partial charge is 0.234 e. The van der Waals surface area contributed by atoms with Gasteiger partial charge in [0.2, 0.25) is 5.91 Å². The minimum absolute atomic E-state index is 0.144. The topological polar surface area (TPSA) is 59.8 Å². The van der Waals surface area contributed by atoms with Gasteiger partial charge in [-0.2, -0.15) is 0 Å². The summed E-state index contributed by atoms with van der Waals surface area (Å²) in [5.74, 6) is 0.241. The van der Waals surface area contributed by atoms with Crippen molar-refractivity contribution < 1.29 is 9.18 Å². The van der Waals surface area contributed by atoms with Crippen molar-refractivity contribution in [2.24, 2.45) is 0 Å². The van der Waals surface area contributed by atoms with Crippen molar-refractivity contribution >= 4 is 35.0 Å². The Bertz CT molecular complexity index is 1240. The van der Waals surface area contributed by atoms with Crippen molar-refractivity contribution in [3.63, 3.8) is 0 Å². The molecule has 1 amide bonds. The van der Waals surface area contributed by atoms with Crippen LogP contribution in [0.15, 0.2) is 71.9 Å². The number of aromatic nitrogens is 3.